The summed E-state index contributed by atoms with van der Waals surface area (Å²) >= 11 is 0.847. The second-order valence-electron chi connectivity index (χ2n) is 4.35. The molecule has 0 aliphatic heterocycles. The van der Waals surface area contributed by atoms with Crippen molar-refractivity contribution < 1.29 is 17.3 Å². The van der Waals surface area contributed by atoms with Gasteiger partial charge in [-0.15, -0.1) is 35.9 Å². The van der Waals surface area contributed by atoms with Gasteiger partial charge in [0.25, 0.3) is 0 Å². The van der Waals surface area contributed by atoms with E-state index >= 15 is 0 Å². The van der Waals surface area contributed by atoms with Gasteiger partial charge in [-0.2, -0.15) is 15.0 Å². The van der Waals surface area contributed by atoms with Crippen LogP contribution in [-0.2, 0) is 22.9 Å². The van der Waals surface area contributed by atoms with Crippen LogP contribution in [0.25, 0.3) is 11.4 Å². The van der Waals surface area contributed by atoms with Gasteiger partial charge < -0.3 is 0 Å². The summed E-state index contributed by atoms with van der Waals surface area (Å²) in [5.74, 6) is 0.616. The van der Waals surface area contributed by atoms with Gasteiger partial charge in [-0.1, -0.05) is 5.21 Å². The van der Waals surface area contributed by atoms with Gasteiger partial charge >= 0.3 is 27.0 Å². The normalized spacial score (nSPS) is 10.7. The molecule has 4 nitrogen and oxygen atoms in total. The van der Waals surface area contributed by atoms with E-state index in [0.717, 1.165) is 22.9 Å². The van der Waals surface area contributed by atoms with E-state index in [2.05, 4.69) is 21.5 Å². The fraction of sp³-hybridized carbons (Fsp3) is 0.364. The molecule has 0 N–H and O–H groups in total. The van der Waals surface area contributed by atoms with Crippen LogP contribution in [0.5, 0.6) is 0 Å². The first-order chi connectivity index (χ1) is 8.07. The van der Waals surface area contributed by atoms with Crippen LogP contribution >= 0.6 is 9.69 Å². The molecule has 0 fully saturated rings. The third kappa shape index (κ3) is 3.86. The number of hydrogen-bond acceptors (Lipinski definition) is 3. The summed E-state index contributed by atoms with van der Waals surface area (Å²) in [4.78, 5) is 1.61. The zero-order valence-electron chi connectivity index (χ0n) is 10.2. The molecule has 1 heterocycles. The zero-order valence-corrected chi connectivity index (χ0v) is 13.9. The summed E-state index contributed by atoms with van der Waals surface area (Å²) in [6.07, 6.45) is 0. The molecule has 1 aromatic carbocycles. The van der Waals surface area contributed by atoms with E-state index in [9.17, 15) is 0 Å². The van der Waals surface area contributed by atoms with Crippen molar-refractivity contribution in [1.82, 2.24) is 20.2 Å². The quantitative estimate of drug-likeness (QED) is 0.601. The molecule has 0 aliphatic rings. The molecule has 0 bridgehead atoms. The maximum atomic E-state index is 4.76. The molecule has 0 saturated heterocycles. The average molecular weight is 302 g/mol. The molecule has 1 aromatic heterocycles. The van der Waals surface area contributed by atoms with Gasteiger partial charge in [0.15, 0.2) is 0 Å². The summed E-state index contributed by atoms with van der Waals surface area (Å²) < 4.78 is 0. The summed E-state index contributed by atoms with van der Waals surface area (Å²) in [6, 6.07) is 10.7. The van der Waals surface area contributed by atoms with Crippen LogP contribution in [0.15, 0.2) is 24.3 Å². The van der Waals surface area contributed by atoms with E-state index in [-0.39, 0.29) is 5.54 Å². The van der Waals surface area contributed by atoms with Crippen LogP contribution in [0.1, 0.15) is 20.8 Å². The molecule has 0 saturated carbocycles. The topological polar surface area (TPSA) is 43.6 Å². The number of rotatable bonds is 1. The monoisotopic (exact) mass is 300 g/mol. The fourth-order valence-electron chi connectivity index (χ4n) is 1.14. The molecule has 0 atom stereocenters. The first kappa shape index (κ1) is 14.3. The van der Waals surface area contributed by atoms with Gasteiger partial charge in [0.1, 0.15) is 5.82 Å². The summed E-state index contributed by atoms with van der Waals surface area (Å²) in [6.45, 7) is 6.10. The van der Waals surface area contributed by atoms with Crippen molar-refractivity contribution in [2.24, 2.45) is 0 Å². The van der Waals surface area contributed by atoms with Crippen LogP contribution in [0.3, 0.4) is 0 Å². The fourth-order valence-corrected chi connectivity index (χ4v) is 1.14. The second kappa shape index (κ2) is 6.22. The zero-order chi connectivity index (χ0) is 12.9. The Morgan fingerprint density at radius 3 is 2.47 bits per heavy atom. The number of benzene rings is 1. The van der Waals surface area contributed by atoms with Crippen molar-refractivity contribution in [2.75, 3.05) is 0 Å². The number of halogens is 1. The molecule has 86 valence electrons. The summed E-state index contributed by atoms with van der Waals surface area (Å²) in [5, 5.41) is 12.3. The van der Waals surface area contributed by atoms with Crippen molar-refractivity contribution in [3.8, 4) is 11.4 Å². The Balaban J connectivity index is 0.000000686. The Hall–Kier alpha value is -0.797. The van der Waals surface area contributed by atoms with E-state index in [1.54, 1.807) is 4.80 Å². The molecule has 0 aliphatic carbocycles. The summed E-state index contributed by atoms with van der Waals surface area (Å²) in [5.41, 5.74) is 0.730. The second-order valence-corrected chi connectivity index (χ2v) is 4.35. The van der Waals surface area contributed by atoms with Crippen molar-refractivity contribution in [2.45, 2.75) is 26.3 Å². The van der Waals surface area contributed by atoms with Gasteiger partial charge in [-0.3, -0.25) is 0 Å². The molecule has 2 aromatic rings. The van der Waals surface area contributed by atoms with Crippen molar-refractivity contribution >= 4 is 9.69 Å². The van der Waals surface area contributed by atoms with Crippen molar-refractivity contribution in [1.29, 1.82) is 0 Å². The van der Waals surface area contributed by atoms with Gasteiger partial charge in [-0.05, 0) is 20.8 Å². The third-order valence-corrected chi connectivity index (χ3v) is 1.96. The van der Waals surface area contributed by atoms with Crippen LogP contribution in [0, 0.1) is 6.07 Å². The molecule has 2 rings (SSSR count). The van der Waals surface area contributed by atoms with Crippen molar-refractivity contribution in [3.05, 3.63) is 30.3 Å². The molecular formula is C11H13ClN4Zn. The van der Waals surface area contributed by atoms with E-state index in [4.69, 9.17) is 9.69 Å². The first-order valence-electron chi connectivity index (χ1n) is 5.12. The average Bonchev–Trinajstić information content (AvgIpc) is 2.82. The van der Waals surface area contributed by atoms with Gasteiger partial charge in [-0.25, -0.2) is 0 Å². The molecular weight excluding hydrogens is 289 g/mol. The standard InChI is InChI=1S/C11H13N4.ClH.Zn/c1-11(2,3)15-13-10(12-14-15)9-7-5-4-6-8-9;;/h4-7H,1-3H3;1H;/q-1;;+2/p-1. The van der Waals surface area contributed by atoms with Crippen LogP contribution < -0.4 is 0 Å². The molecule has 0 spiro atoms. The Bertz CT molecular complexity index is 450. The van der Waals surface area contributed by atoms with E-state index in [0.29, 0.717) is 5.82 Å². The number of aromatic nitrogens is 4. The van der Waals surface area contributed by atoms with Gasteiger partial charge in [0.05, 0.1) is 5.54 Å². The third-order valence-electron chi connectivity index (χ3n) is 1.96. The minimum absolute atomic E-state index is 0.139. The Morgan fingerprint density at radius 2 is 2.00 bits per heavy atom. The van der Waals surface area contributed by atoms with E-state index in [1.807, 2.05) is 45.0 Å². The minimum atomic E-state index is -0.139. The SMILES string of the molecule is CC(C)(C)n1nnc(-c2[c-]cccc2)n1.[Cl][Zn+]. The van der Waals surface area contributed by atoms with Crippen LogP contribution in [0.2, 0.25) is 0 Å². The van der Waals surface area contributed by atoms with Crippen molar-refractivity contribution in [3.63, 3.8) is 0 Å². The van der Waals surface area contributed by atoms with E-state index in [1.165, 1.54) is 0 Å². The predicted molar refractivity (Wildman–Crippen MR) is 62.9 cm³/mol. The number of tetrazole rings is 1. The summed E-state index contributed by atoms with van der Waals surface area (Å²) in [7, 11) is 4.76. The van der Waals surface area contributed by atoms with Gasteiger partial charge in [0, 0.05) is 0 Å². The molecule has 0 amide bonds. The molecule has 0 unspecified atom stereocenters. The Kier molecular flexibility index (Phi) is 5.22. The molecule has 0 radical (unpaired) electrons. The predicted octanol–water partition coefficient (Wildman–Crippen LogP) is 2.58. The number of nitrogens with zero attached hydrogens (tertiary/aromatic N) is 4. The number of hydrogen-bond donors (Lipinski definition) is 0. The Morgan fingerprint density at radius 1 is 1.29 bits per heavy atom. The van der Waals surface area contributed by atoms with Crippen LogP contribution in [0.4, 0.5) is 0 Å². The molecule has 6 heteroatoms. The maximum absolute atomic E-state index is 4.76. The molecule has 17 heavy (non-hydrogen) atoms. The van der Waals surface area contributed by atoms with Crippen LogP contribution in [-0.4, -0.2) is 20.2 Å². The Labute approximate surface area is 115 Å². The first-order valence-corrected chi connectivity index (χ1v) is 9.01. The van der Waals surface area contributed by atoms with E-state index < -0.39 is 0 Å². The van der Waals surface area contributed by atoms with Gasteiger partial charge in [0.2, 0.25) is 0 Å².